The first-order valence-electron chi connectivity index (χ1n) is 10.6. The summed E-state index contributed by atoms with van der Waals surface area (Å²) >= 11 is 1.84. The van der Waals surface area contributed by atoms with E-state index in [1.165, 1.54) is 29.8 Å². The highest BCUT2D eigenvalue weighted by molar-refractivity contribution is 14.0. The van der Waals surface area contributed by atoms with Crippen LogP contribution in [0, 0.1) is 0 Å². The number of carbonyl (C=O) groups excluding carboxylic acids is 1. The maximum atomic E-state index is 12.3. The zero-order valence-electron chi connectivity index (χ0n) is 18.1. The first kappa shape index (κ1) is 23.8. The summed E-state index contributed by atoms with van der Waals surface area (Å²) in [6, 6.07) is 7.69. The van der Waals surface area contributed by atoms with Crippen LogP contribution in [0.15, 0.2) is 29.3 Å². The van der Waals surface area contributed by atoms with Crippen LogP contribution in [-0.4, -0.2) is 55.5 Å². The largest absolute Gasteiger partial charge is 0.482 e. The standard InChI is InChI=1S/C22H29N5O2S.HI/c1-23-22(26(2)14-20-25-16-8-3-6-11-19(16)30-20)24-12-7-13-27-17-9-4-5-10-18(17)29-15-21(27)28;/h4-5,9-10H,3,6-8,11-15H2,1-2H3,(H,23,24);1H. The van der Waals surface area contributed by atoms with Gasteiger partial charge >= 0.3 is 0 Å². The van der Waals surface area contributed by atoms with Crippen LogP contribution in [-0.2, 0) is 24.2 Å². The Morgan fingerprint density at radius 2 is 2.13 bits per heavy atom. The van der Waals surface area contributed by atoms with Gasteiger partial charge in [-0.25, -0.2) is 4.98 Å². The number of aliphatic imine (C=N–C) groups is 1. The average Bonchev–Trinajstić information content (AvgIpc) is 3.17. The minimum atomic E-state index is 0. The molecule has 1 amide bonds. The summed E-state index contributed by atoms with van der Waals surface area (Å²) in [6.07, 6.45) is 5.65. The number of benzene rings is 1. The minimum Gasteiger partial charge on any atom is -0.482 e. The van der Waals surface area contributed by atoms with Gasteiger partial charge in [0.2, 0.25) is 0 Å². The second kappa shape index (κ2) is 11.1. The molecule has 0 unspecified atom stereocenters. The molecule has 1 aliphatic carbocycles. The summed E-state index contributed by atoms with van der Waals surface area (Å²) in [7, 11) is 3.84. The van der Waals surface area contributed by atoms with Gasteiger partial charge < -0.3 is 19.9 Å². The summed E-state index contributed by atoms with van der Waals surface area (Å²) < 4.78 is 5.51. The van der Waals surface area contributed by atoms with E-state index in [0.29, 0.717) is 6.54 Å². The Bertz CT molecular complexity index is 909. The van der Waals surface area contributed by atoms with Crippen LogP contribution < -0.4 is 15.0 Å². The number of carbonyl (C=O) groups is 1. The number of guanidine groups is 1. The second-order valence-electron chi connectivity index (χ2n) is 7.67. The SMILES string of the molecule is CN=C(NCCCN1C(=O)COc2ccccc21)N(C)Cc1nc2c(s1)CCCC2.I. The molecular formula is C22H30IN5O2S. The van der Waals surface area contributed by atoms with Gasteiger partial charge in [-0.1, -0.05) is 12.1 Å². The zero-order valence-corrected chi connectivity index (χ0v) is 21.2. The molecule has 0 spiro atoms. The van der Waals surface area contributed by atoms with E-state index >= 15 is 0 Å². The molecule has 4 rings (SSSR count). The predicted octanol–water partition coefficient (Wildman–Crippen LogP) is 3.46. The number of rotatable bonds is 6. The van der Waals surface area contributed by atoms with Crippen molar-refractivity contribution in [2.45, 2.75) is 38.6 Å². The topological polar surface area (TPSA) is 70.1 Å². The Labute approximate surface area is 204 Å². The molecule has 1 aromatic heterocycles. The van der Waals surface area contributed by atoms with Crippen molar-refractivity contribution in [1.29, 1.82) is 0 Å². The van der Waals surface area contributed by atoms with E-state index < -0.39 is 0 Å². The van der Waals surface area contributed by atoms with Gasteiger partial charge in [-0.15, -0.1) is 35.3 Å². The molecule has 2 aromatic rings. The van der Waals surface area contributed by atoms with Gasteiger partial charge in [-0.3, -0.25) is 9.79 Å². The van der Waals surface area contributed by atoms with Crippen molar-refractivity contribution in [1.82, 2.24) is 15.2 Å². The molecule has 0 atom stereocenters. The monoisotopic (exact) mass is 555 g/mol. The van der Waals surface area contributed by atoms with E-state index in [1.807, 2.05) is 47.5 Å². The highest BCUT2D eigenvalue weighted by Crippen LogP contribution is 2.31. The average molecular weight is 555 g/mol. The van der Waals surface area contributed by atoms with Gasteiger partial charge in [0.1, 0.15) is 10.8 Å². The van der Waals surface area contributed by atoms with Gasteiger partial charge in [-0.05, 0) is 44.2 Å². The van der Waals surface area contributed by atoms with Crippen molar-refractivity contribution < 1.29 is 9.53 Å². The normalized spacial score (nSPS) is 15.5. The minimum absolute atomic E-state index is 0. The molecule has 168 valence electrons. The lowest BCUT2D eigenvalue weighted by Gasteiger charge is -2.29. The van der Waals surface area contributed by atoms with Crippen molar-refractivity contribution in [3.8, 4) is 5.75 Å². The van der Waals surface area contributed by atoms with Crippen LogP contribution in [0.25, 0.3) is 0 Å². The molecule has 0 bridgehead atoms. The highest BCUT2D eigenvalue weighted by Gasteiger charge is 2.24. The van der Waals surface area contributed by atoms with Crippen LogP contribution in [0.4, 0.5) is 5.69 Å². The molecule has 0 radical (unpaired) electrons. The van der Waals surface area contributed by atoms with Gasteiger partial charge in [0.05, 0.1) is 17.9 Å². The number of para-hydroxylation sites is 2. The summed E-state index contributed by atoms with van der Waals surface area (Å²) in [5, 5.41) is 4.57. The number of nitrogens with zero attached hydrogens (tertiary/aromatic N) is 4. The van der Waals surface area contributed by atoms with E-state index in [1.54, 1.807) is 7.05 Å². The second-order valence-corrected chi connectivity index (χ2v) is 8.84. The fourth-order valence-electron chi connectivity index (χ4n) is 3.97. The van der Waals surface area contributed by atoms with E-state index in [2.05, 4.69) is 15.2 Å². The Morgan fingerprint density at radius 1 is 1.32 bits per heavy atom. The number of halogens is 1. The van der Waals surface area contributed by atoms with Crippen molar-refractivity contribution in [2.24, 2.45) is 4.99 Å². The van der Waals surface area contributed by atoms with Crippen LogP contribution in [0.5, 0.6) is 5.75 Å². The first-order chi connectivity index (χ1) is 14.7. The number of hydrogen-bond donors (Lipinski definition) is 1. The Kier molecular flexibility index (Phi) is 8.53. The number of aromatic nitrogens is 1. The lowest BCUT2D eigenvalue weighted by Crippen LogP contribution is -2.42. The number of nitrogens with one attached hydrogen (secondary N) is 1. The number of ether oxygens (including phenoxy) is 1. The number of anilines is 1. The zero-order chi connectivity index (χ0) is 20.9. The molecule has 9 heteroatoms. The molecule has 1 aliphatic heterocycles. The van der Waals surface area contributed by atoms with Crippen LogP contribution >= 0.6 is 35.3 Å². The predicted molar refractivity (Wildman–Crippen MR) is 136 cm³/mol. The Hall–Kier alpha value is -1.88. The van der Waals surface area contributed by atoms with Gasteiger partial charge in [-0.2, -0.15) is 0 Å². The molecule has 31 heavy (non-hydrogen) atoms. The van der Waals surface area contributed by atoms with E-state index in [0.717, 1.165) is 48.3 Å². The molecule has 2 heterocycles. The third kappa shape index (κ3) is 5.68. The first-order valence-corrected chi connectivity index (χ1v) is 11.4. The third-order valence-electron chi connectivity index (χ3n) is 5.49. The summed E-state index contributed by atoms with van der Waals surface area (Å²) in [5.74, 6) is 1.62. The van der Waals surface area contributed by atoms with Gasteiger partial charge in [0.25, 0.3) is 5.91 Å². The van der Waals surface area contributed by atoms with Crippen LogP contribution in [0.3, 0.4) is 0 Å². The molecule has 0 fully saturated rings. The van der Waals surface area contributed by atoms with Crippen molar-refractivity contribution in [3.05, 3.63) is 39.8 Å². The summed E-state index contributed by atoms with van der Waals surface area (Å²) in [4.78, 5) is 26.9. The van der Waals surface area contributed by atoms with Crippen molar-refractivity contribution in [3.63, 3.8) is 0 Å². The third-order valence-corrected chi connectivity index (χ3v) is 6.63. The molecule has 0 saturated heterocycles. The molecule has 0 saturated carbocycles. The molecule has 1 N–H and O–H groups in total. The summed E-state index contributed by atoms with van der Waals surface area (Å²) in [5.41, 5.74) is 2.15. The number of hydrogen-bond acceptors (Lipinski definition) is 5. The number of aryl methyl sites for hydroxylation is 2. The smallest absolute Gasteiger partial charge is 0.265 e. The highest BCUT2D eigenvalue weighted by atomic mass is 127. The Balaban J connectivity index is 0.00000272. The van der Waals surface area contributed by atoms with E-state index in [4.69, 9.17) is 9.72 Å². The lowest BCUT2D eigenvalue weighted by molar-refractivity contribution is -0.121. The maximum absolute atomic E-state index is 12.3. The van der Waals surface area contributed by atoms with Crippen molar-refractivity contribution >= 4 is 52.9 Å². The molecular weight excluding hydrogens is 525 g/mol. The number of amides is 1. The van der Waals surface area contributed by atoms with Crippen LogP contribution in [0.2, 0.25) is 0 Å². The van der Waals surface area contributed by atoms with Crippen molar-refractivity contribution in [2.75, 3.05) is 38.7 Å². The van der Waals surface area contributed by atoms with Gasteiger partial charge in [0.15, 0.2) is 12.6 Å². The van der Waals surface area contributed by atoms with Gasteiger partial charge in [0, 0.05) is 32.1 Å². The number of thiazole rings is 1. The molecule has 7 nitrogen and oxygen atoms in total. The van der Waals surface area contributed by atoms with E-state index in [9.17, 15) is 4.79 Å². The number of fused-ring (bicyclic) bond motifs is 2. The Morgan fingerprint density at radius 3 is 2.94 bits per heavy atom. The van der Waals surface area contributed by atoms with Crippen LogP contribution in [0.1, 0.15) is 34.8 Å². The van der Waals surface area contributed by atoms with E-state index in [-0.39, 0.29) is 36.5 Å². The lowest BCUT2D eigenvalue weighted by atomic mass is 10.0. The maximum Gasteiger partial charge on any atom is 0.265 e. The summed E-state index contributed by atoms with van der Waals surface area (Å²) in [6.45, 7) is 2.24. The fourth-order valence-corrected chi connectivity index (χ4v) is 5.18. The molecule has 1 aromatic carbocycles. The molecule has 2 aliphatic rings. The fraction of sp³-hybridized carbons (Fsp3) is 0.500. The quantitative estimate of drug-likeness (QED) is 0.256.